The van der Waals surface area contributed by atoms with Gasteiger partial charge in [-0.05, 0) is 18.6 Å². The highest BCUT2D eigenvalue weighted by Gasteiger charge is 2.40. The minimum absolute atomic E-state index is 0.000461. The molecule has 1 amide bonds. The Balaban J connectivity index is 1.83. The molecular weight excluding hydrogens is 448 g/mol. The van der Waals surface area contributed by atoms with Gasteiger partial charge >= 0.3 is 11.9 Å². The summed E-state index contributed by atoms with van der Waals surface area (Å²) >= 11 is 6.01. The molecule has 1 fully saturated rings. The molecule has 10 nitrogen and oxygen atoms in total. The van der Waals surface area contributed by atoms with Gasteiger partial charge in [0.25, 0.3) is 11.6 Å². The Bertz CT molecular complexity index is 1120. The van der Waals surface area contributed by atoms with E-state index in [0.29, 0.717) is 11.3 Å². The molecule has 0 saturated carbocycles. The van der Waals surface area contributed by atoms with Gasteiger partial charge in [0.05, 0.1) is 9.83 Å². The SMILES string of the molecule is O=C(O)CCC(C(=O)O)N1C(=O)/C(=C\c2ccc(-c3cccc([N+](=O)[O-])c3)o2)SC1=S. The number of furan rings is 1. The summed E-state index contributed by atoms with van der Waals surface area (Å²) in [4.78, 5) is 46.5. The minimum atomic E-state index is -1.40. The lowest BCUT2D eigenvalue weighted by atomic mass is 10.1. The number of nitro groups is 1. The van der Waals surface area contributed by atoms with Gasteiger partial charge in [-0.1, -0.05) is 36.1 Å². The van der Waals surface area contributed by atoms with Gasteiger partial charge in [0.2, 0.25) is 0 Å². The highest BCUT2D eigenvalue weighted by molar-refractivity contribution is 8.26. The van der Waals surface area contributed by atoms with Crippen molar-refractivity contribution in [1.29, 1.82) is 0 Å². The molecule has 0 radical (unpaired) electrons. The maximum Gasteiger partial charge on any atom is 0.326 e. The number of thioether (sulfide) groups is 1. The number of aliphatic carboxylic acids is 2. The van der Waals surface area contributed by atoms with Crippen molar-refractivity contribution >= 4 is 57.9 Å². The first-order valence-corrected chi connectivity index (χ1v) is 9.96. The van der Waals surface area contributed by atoms with Crippen molar-refractivity contribution < 1.29 is 33.9 Å². The van der Waals surface area contributed by atoms with Crippen LogP contribution in [0.1, 0.15) is 18.6 Å². The van der Waals surface area contributed by atoms with E-state index in [1.54, 1.807) is 18.2 Å². The van der Waals surface area contributed by atoms with Gasteiger partial charge in [0.1, 0.15) is 21.9 Å². The topological polar surface area (TPSA) is 151 Å². The quantitative estimate of drug-likeness (QED) is 0.258. The van der Waals surface area contributed by atoms with E-state index in [1.807, 2.05) is 0 Å². The van der Waals surface area contributed by atoms with Crippen LogP contribution in [0.4, 0.5) is 5.69 Å². The number of hydrogen-bond donors (Lipinski definition) is 2. The third kappa shape index (κ3) is 4.98. The number of non-ortho nitro benzene ring substituents is 1. The molecule has 0 aliphatic carbocycles. The maximum absolute atomic E-state index is 12.7. The fourth-order valence-electron chi connectivity index (χ4n) is 2.86. The van der Waals surface area contributed by atoms with Crippen LogP contribution in [0.2, 0.25) is 0 Å². The summed E-state index contributed by atoms with van der Waals surface area (Å²) < 4.78 is 5.65. The van der Waals surface area contributed by atoms with Gasteiger partial charge in [0, 0.05) is 30.2 Å². The molecular formula is C19H14N2O8S2. The summed E-state index contributed by atoms with van der Waals surface area (Å²) in [6, 6.07) is 7.59. The molecule has 1 aromatic heterocycles. The van der Waals surface area contributed by atoms with Crippen LogP contribution in [0.25, 0.3) is 17.4 Å². The van der Waals surface area contributed by atoms with Gasteiger partial charge < -0.3 is 14.6 Å². The second kappa shape index (κ2) is 9.10. The molecule has 3 rings (SSSR count). The molecule has 2 N–H and O–H groups in total. The summed E-state index contributed by atoms with van der Waals surface area (Å²) in [5, 5.41) is 29.2. The number of carboxylic acid groups (broad SMARTS) is 2. The van der Waals surface area contributed by atoms with Crippen LogP contribution in [0.15, 0.2) is 45.7 Å². The second-order valence-electron chi connectivity index (χ2n) is 6.35. The number of nitro benzene ring substituents is 1. The van der Waals surface area contributed by atoms with E-state index < -0.39 is 35.2 Å². The van der Waals surface area contributed by atoms with E-state index >= 15 is 0 Å². The number of benzene rings is 1. The first kappa shape index (κ1) is 22.2. The van der Waals surface area contributed by atoms with Gasteiger partial charge in [-0.25, -0.2) is 4.79 Å². The Kier molecular flexibility index (Phi) is 6.51. The predicted octanol–water partition coefficient (Wildman–Crippen LogP) is 3.37. The van der Waals surface area contributed by atoms with Gasteiger partial charge in [0.15, 0.2) is 0 Å². The lowest BCUT2D eigenvalue weighted by molar-refractivity contribution is -0.384. The van der Waals surface area contributed by atoms with E-state index in [-0.39, 0.29) is 27.1 Å². The third-order valence-electron chi connectivity index (χ3n) is 4.29. The first-order valence-electron chi connectivity index (χ1n) is 8.73. The lowest BCUT2D eigenvalue weighted by Gasteiger charge is -2.22. The standard InChI is InChI=1S/C19H14N2O8S2/c22-16(23)7-5-13(18(25)26)20-17(24)15(31-19(20)30)9-12-4-6-14(29-12)10-2-1-3-11(8-10)21(27)28/h1-4,6,8-9,13H,5,7H2,(H,22,23)(H,25,26)/b15-9+. The molecule has 31 heavy (non-hydrogen) atoms. The van der Waals surface area contributed by atoms with Crippen LogP contribution in [0.3, 0.4) is 0 Å². The summed E-state index contributed by atoms with van der Waals surface area (Å²) in [6.45, 7) is 0. The van der Waals surface area contributed by atoms with Crippen molar-refractivity contribution in [3.63, 3.8) is 0 Å². The Morgan fingerprint density at radius 2 is 2.03 bits per heavy atom. The normalized spacial score (nSPS) is 16.0. The van der Waals surface area contributed by atoms with E-state index in [9.17, 15) is 29.6 Å². The molecule has 2 aromatic rings. The highest BCUT2D eigenvalue weighted by Crippen LogP contribution is 2.36. The zero-order chi connectivity index (χ0) is 22.7. The highest BCUT2D eigenvalue weighted by atomic mass is 32.2. The Labute approximate surface area is 184 Å². The van der Waals surface area contributed by atoms with Crippen LogP contribution >= 0.6 is 24.0 Å². The molecule has 1 atom stereocenters. The zero-order valence-electron chi connectivity index (χ0n) is 15.6. The number of rotatable bonds is 8. The van der Waals surface area contributed by atoms with Gasteiger partial charge in [-0.3, -0.25) is 24.6 Å². The van der Waals surface area contributed by atoms with Crippen LogP contribution in [0, 0.1) is 10.1 Å². The summed E-state index contributed by atoms with van der Waals surface area (Å²) in [6.07, 6.45) is 0.663. The van der Waals surface area contributed by atoms with Gasteiger partial charge in [-0.2, -0.15) is 0 Å². The van der Waals surface area contributed by atoms with E-state index in [1.165, 1.54) is 24.3 Å². The van der Waals surface area contributed by atoms with Crippen LogP contribution in [-0.4, -0.2) is 48.2 Å². The van der Waals surface area contributed by atoms with Crippen molar-refractivity contribution in [3.05, 3.63) is 57.2 Å². The number of nitrogens with zero attached hydrogens (tertiary/aromatic N) is 2. The molecule has 1 unspecified atom stereocenters. The molecule has 12 heteroatoms. The van der Waals surface area contributed by atoms with Crippen molar-refractivity contribution in [2.45, 2.75) is 18.9 Å². The Morgan fingerprint density at radius 1 is 1.29 bits per heavy atom. The molecule has 1 saturated heterocycles. The largest absolute Gasteiger partial charge is 0.481 e. The fraction of sp³-hybridized carbons (Fsp3) is 0.158. The van der Waals surface area contributed by atoms with Crippen molar-refractivity contribution in [2.24, 2.45) is 0 Å². The summed E-state index contributed by atoms with van der Waals surface area (Å²) in [5.74, 6) is -2.60. The van der Waals surface area contributed by atoms with Crippen LogP contribution in [0.5, 0.6) is 0 Å². The average Bonchev–Trinajstić information content (AvgIpc) is 3.28. The zero-order valence-corrected chi connectivity index (χ0v) is 17.2. The maximum atomic E-state index is 12.7. The van der Waals surface area contributed by atoms with Crippen LogP contribution < -0.4 is 0 Å². The number of carbonyl (C=O) groups excluding carboxylic acids is 1. The molecule has 160 valence electrons. The summed E-state index contributed by atoms with van der Waals surface area (Å²) in [7, 11) is 0. The number of hydrogen-bond acceptors (Lipinski definition) is 8. The van der Waals surface area contributed by atoms with Crippen molar-refractivity contribution in [3.8, 4) is 11.3 Å². The van der Waals surface area contributed by atoms with Crippen molar-refractivity contribution in [1.82, 2.24) is 4.90 Å². The summed E-state index contributed by atoms with van der Waals surface area (Å²) in [5.41, 5.74) is 0.374. The monoisotopic (exact) mass is 462 g/mol. The van der Waals surface area contributed by atoms with E-state index in [2.05, 4.69) is 0 Å². The number of carboxylic acids is 2. The van der Waals surface area contributed by atoms with Crippen molar-refractivity contribution in [2.75, 3.05) is 0 Å². The number of carbonyl (C=O) groups is 3. The molecule has 1 aromatic carbocycles. The number of amides is 1. The predicted molar refractivity (Wildman–Crippen MR) is 114 cm³/mol. The third-order valence-corrected chi connectivity index (χ3v) is 5.62. The molecule has 0 bridgehead atoms. The number of thiocarbonyl (C=S) groups is 1. The molecule has 0 spiro atoms. The first-order chi connectivity index (χ1) is 14.7. The van der Waals surface area contributed by atoms with E-state index in [0.717, 1.165) is 16.7 Å². The molecule has 2 heterocycles. The Hall–Kier alpha value is -3.51. The van der Waals surface area contributed by atoms with E-state index in [4.69, 9.17) is 21.7 Å². The lowest BCUT2D eigenvalue weighted by Crippen LogP contribution is -2.44. The minimum Gasteiger partial charge on any atom is -0.481 e. The Morgan fingerprint density at radius 3 is 2.68 bits per heavy atom. The van der Waals surface area contributed by atoms with Crippen LogP contribution in [-0.2, 0) is 14.4 Å². The average molecular weight is 462 g/mol. The molecule has 1 aliphatic rings. The smallest absolute Gasteiger partial charge is 0.326 e. The molecule has 1 aliphatic heterocycles. The second-order valence-corrected chi connectivity index (χ2v) is 8.02. The van der Waals surface area contributed by atoms with Gasteiger partial charge in [-0.15, -0.1) is 0 Å². The fourth-order valence-corrected chi connectivity index (χ4v) is 4.20.